The van der Waals surface area contributed by atoms with E-state index in [1.807, 2.05) is 37.9 Å². The minimum absolute atomic E-state index is 0.0816. The van der Waals surface area contributed by atoms with Crippen molar-refractivity contribution in [3.8, 4) is 11.5 Å². The fourth-order valence-corrected chi connectivity index (χ4v) is 3.36. The molecule has 0 radical (unpaired) electrons. The number of benzene rings is 2. The third-order valence-electron chi connectivity index (χ3n) is 4.63. The Bertz CT molecular complexity index is 823. The molecule has 0 spiro atoms. The van der Waals surface area contributed by atoms with Crippen LogP contribution in [-0.2, 0) is 24.3 Å². The van der Waals surface area contributed by atoms with E-state index in [2.05, 4.69) is 5.32 Å². The van der Waals surface area contributed by atoms with Crippen LogP contribution < -0.4 is 14.8 Å². The van der Waals surface area contributed by atoms with Gasteiger partial charge in [-0.2, -0.15) is 0 Å². The quantitative estimate of drug-likeness (QED) is 0.756. The number of carbonyl (C=O) groups is 1. The van der Waals surface area contributed by atoms with Gasteiger partial charge >= 0.3 is 0 Å². The average Bonchev–Trinajstić information content (AvgIpc) is 3.00. The highest BCUT2D eigenvalue weighted by molar-refractivity contribution is 5.78. The lowest BCUT2D eigenvalue weighted by Gasteiger charge is -2.17. The van der Waals surface area contributed by atoms with Crippen molar-refractivity contribution < 1.29 is 18.7 Å². The van der Waals surface area contributed by atoms with Gasteiger partial charge in [0, 0.05) is 30.6 Å². The Morgan fingerprint density at radius 3 is 2.79 bits per heavy atom. The first-order chi connectivity index (χ1) is 13.4. The van der Waals surface area contributed by atoms with Crippen LogP contribution in [0.15, 0.2) is 36.4 Å². The molecule has 3 rings (SSSR count). The van der Waals surface area contributed by atoms with Gasteiger partial charge in [0.15, 0.2) is 0 Å². The summed E-state index contributed by atoms with van der Waals surface area (Å²) in [5.74, 6) is 1.32. The van der Waals surface area contributed by atoms with Crippen LogP contribution in [-0.4, -0.2) is 37.1 Å². The van der Waals surface area contributed by atoms with Crippen molar-refractivity contribution in [1.29, 1.82) is 0 Å². The highest BCUT2D eigenvalue weighted by atomic mass is 19.1. The molecule has 0 saturated carbocycles. The molecule has 0 saturated heterocycles. The molecule has 0 bridgehead atoms. The SMILES string of the molecule is CCOc1cc2c(cc1CNC(=O)CN(C)Cc1ccc(F)cc1)O[C@@H](C)C2. The molecule has 1 heterocycles. The van der Waals surface area contributed by atoms with Gasteiger partial charge < -0.3 is 14.8 Å². The third-order valence-corrected chi connectivity index (χ3v) is 4.63. The maximum atomic E-state index is 13.0. The van der Waals surface area contributed by atoms with E-state index in [0.717, 1.165) is 34.6 Å². The van der Waals surface area contributed by atoms with Gasteiger partial charge in [0.05, 0.1) is 13.2 Å². The smallest absolute Gasteiger partial charge is 0.234 e. The molecule has 28 heavy (non-hydrogen) atoms. The molecular formula is C22H27FN2O3. The van der Waals surface area contributed by atoms with Gasteiger partial charge in [0.1, 0.15) is 23.4 Å². The summed E-state index contributed by atoms with van der Waals surface area (Å²) in [5, 5.41) is 2.95. The van der Waals surface area contributed by atoms with E-state index in [4.69, 9.17) is 9.47 Å². The minimum Gasteiger partial charge on any atom is -0.494 e. The molecule has 2 aromatic rings. The Morgan fingerprint density at radius 1 is 1.32 bits per heavy atom. The summed E-state index contributed by atoms with van der Waals surface area (Å²) in [5.41, 5.74) is 3.01. The van der Waals surface area contributed by atoms with Crippen molar-refractivity contribution in [3.63, 3.8) is 0 Å². The van der Waals surface area contributed by atoms with Crippen LogP contribution in [0.1, 0.15) is 30.5 Å². The van der Waals surface area contributed by atoms with Crippen molar-refractivity contribution in [2.45, 2.75) is 39.5 Å². The summed E-state index contributed by atoms with van der Waals surface area (Å²) in [7, 11) is 1.86. The number of halogens is 1. The maximum Gasteiger partial charge on any atom is 0.234 e. The number of carbonyl (C=O) groups excluding carboxylic acids is 1. The van der Waals surface area contributed by atoms with E-state index < -0.39 is 0 Å². The van der Waals surface area contributed by atoms with E-state index in [0.29, 0.717) is 19.7 Å². The van der Waals surface area contributed by atoms with E-state index >= 15 is 0 Å². The van der Waals surface area contributed by atoms with Crippen molar-refractivity contribution >= 4 is 5.91 Å². The predicted molar refractivity (Wildman–Crippen MR) is 106 cm³/mol. The van der Waals surface area contributed by atoms with Crippen LogP contribution in [0.2, 0.25) is 0 Å². The fraction of sp³-hybridized carbons (Fsp3) is 0.409. The molecule has 0 fully saturated rings. The molecular weight excluding hydrogens is 359 g/mol. The Balaban J connectivity index is 1.56. The van der Waals surface area contributed by atoms with Crippen molar-refractivity contribution in [3.05, 3.63) is 58.9 Å². The van der Waals surface area contributed by atoms with Gasteiger partial charge in [0.25, 0.3) is 0 Å². The first-order valence-electron chi connectivity index (χ1n) is 9.59. The lowest BCUT2D eigenvalue weighted by Crippen LogP contribution is -2.34. The van der Waals surface area contributed by atoms with Crippen molar-refractivity contribution in [1.82, 2.24) is 10.2 Å². The highest BCUT2D eigenvalue weighted by Crippen LogP contribution is 2.35. The molecule has 1 aliphatic rings. The third kappa shape index (κ3) is 5.23. The largest absolute Gasteiger partial charge is 0.494 e. The molecule has 1 N–H and O–H groups in total. The first-order valence-corrected chi connectivity index (χ1v) is 9.59. The number of amides is 1. The van der Waals surface area contributed by atoms with Gasteiger partial charge in [-0.3, -0.25) is 9.69 Å². The Morgan fingerprint density at radius 2 is 2.07 bits per heavy atom. The summed E-state index contributed by atoms with van der Waals surface area (Å²) in [6.07, 6.45) is 1.03. The Labute approximate surface area is 165 Å². The summed E-state index contributed by atoms with van der Waals surface area (Å²) in [6, 6.07) is 10.3. The summed E-state index contributed by atoms with van der Waals surface area (Å²) < 4.78 is 24.6. The zero-order valence-corrected chi connectivity index (χ0v) is 16.6. The number of hydrogen-bond donors (Lipinski definition) is 1. The second kappa shape index (κ2) is 9.06. The zero-order chi connectivity index (χ0) is 20.1. The van der Waals surface area contributed by atoms with E-state index in [9.17, 15) is 9.18 Å². The number of hydrogen-bond acceptors (Lipinski definition) is 4. The van der Waals surface area contributed by atoms with E-state index in [-0.39, 0.29) is 24.4 Å². The summed E-state index contributed by atoms with van der Waals surface area (Å²) in [4.78, 5) is 14.2. The average molecular weight is 386 g/mol. The number of rotatable bonds is 8. The standard InChI is InChI=1S/C22H27FN2O3/c1-4-27-20-10-17-9-15(2)28-21(17)11-18(20)12-24-22(26)14-25(3)13-16-5-7-19(23)8-6-16/h5-8,10-11,15H,4,9,12-14H2,1-3H3,(H,24,26)/t15-/m0/s1. The number of likely N-dealkylation sites (N-methyl/N-ethyl adjacent to an activating group) is 1. The van der Waals surface area contributed by atoms with Crippen molar-refractivity contribution in [2.75, 3.05) is 20.2 Å². The van der Waals surface area contributed by atoms with Crippen LogP contribution in [0.3, 0.4) is 0 Å². The fourth-order valence-electron chi connectivity index (χ4n) is 3.36. The van der Waals surface area contributed by atoms with Gasteiger partial charge in [-0.15, -0.1) is 0 Å². The van der Waals surface area contributed by atoms with Crippen LogP contribution in [0, 0.1) is 5.82 Å². The number of nitrogens with zero attached hydrogens (tertiary/aromatic N) is 1. The van der Waals surface area contributed by atoms with Gasteiger partial charge in [-0.25, -0.2) is 4.39 Å². The van der Waals surface area contributed by atoms with Gasteiger partial charge in [-0.05, 0) is 50.7 Å². The lowest BCUT2D eigenvalue weighted by molar-refractivity contribution is -0.122. The maximum absolute atomic E-state index is 13.0. The molecule has 0 aromatic heterocycles. The van der Waals surface area contributed by atoms with Gasteiger partial charge in [-0.1, -0.05) is 12.1 Å². The summed E-state index contributed by atoms with van der Waals surface area (Å²) >= 11 is 0. The number of ether oxygens (including phenoxy) is 2. The van der Waals surface area contributed by atoms with E-state index in [1.54, 1.807) is 12.1 Å². The predicted octanol–water partition coefficient (Wildman–Crippen LogP) is 3.30. The number of nitrogens with one attached hydrogen (secondary N) is 1. The Hall–Kier alpha value is -2.60. The van der Waals surface area contributed by atoms with Crippen molar-refractivity contribution in [2.24, 2.45) is 0 Å². The topological polar surface area (TPSA) is 50.8 Å². The van der Waals surface area contributed by atoms with E-state index in [1.165, 1.54) is 12.1 Å². The van der Waals surface area contributed by atoms with Crippen LogP contribution in [0.5, 0.6) is 11.5 Å². The van der Waals surface area contributed by atoms with Crippen LogP contribution in [0.4, 0.5) is 4.39 Å². The zero-order valence-electron chi connectivity index (χ0n) is 16.6. The van der Waals surface area contributed by atoms with Crippen LogP contribution >= 0.6 is 0 Å². The Kier molecular flexibility index (Phi) is 6.52. The summed E-state index contributed by atoms with van der Waals surface area (Å²) in [6.45, 7) is 5.75. The van der Waals surface area contributed by atoms with Gasteiger partial charge in [0.2, 0.25) is 5.91 Å². The molecule has 1 amide bonds. The molecule has 1 aliphatic heterocycles. The molecule has 2 aromatic carbocycles. The van der Waals surface area contributed by atoms with Crippen LogP contribution in [0.25, 0.3) is 0 Å². The molecule has 5 nitrogen and oxygen atoms in total. The molecule has 150 valence electrons. The number of fused-ring (bicyclic) bond motifs is 1. The second-order valence-electron chi connectivity index (χ2n) is 7.21. The first kappa shape index (κ1) is 20.1. The minimum atomic E-state index is -0.262. The normalized spacial score (nSPS) is 15.2. The molecule has 6 heteroatoms. The highest BCUT2D eigenvalue weighted by Gasteiger charge is 2.22. The lowest BCUT2D eigenvalue weighted by atomic mass is 10.1. The second-order valence-corrected chi connectivity index (χ2v) is 7.21. The molecule has 1 atom stereocenters. The molecule has 0 unspecified atom stereocenters. The monoisotopic (exact) mass is 386 g/mol. The molecule has 0 aliphatic carbocycles.